The van der Waals surface area contributed by atoms with Crippen LogP contribution in [-0.2, 0) is 6.18 Å². The Balaban J connectivity index is 1.36. The zero-order valence-corrected chi connectivity index (χ0v) is 19.8. The van der Waals surface area contributed by atoms with Gasteiger partial charge in [0, 0.05) is 31.4 Å². The van der Waals surface area contributed by atoms with Crippen molar-refractivity contribution in [3.05, 3.63) is 83.4 Å². The molecule has 0 aromatic heterocycles. The van der Waals surface area contributed by atoms with E-state index in [1.807, 2.05) is 56.3 Å². The highest BCUT2D eigenvalue weighted by Gasteiger charge is 2.33. The Morgan fingerprint density at radius 3 is 2.61 bits per heavy atom. The summed E-state index contributed by atoms with van der Waals surface area (Å²) >= 11 is 0. The first-order valence-corrected chi connectivity index (χ1v) is 11.7. The summed E-state index contributed by atoms with van der Waals surface area (Å²) in [6.45, 7) is 5.32. The molecule has 6 nitrogen and oxygen atoms in total. The molecule has 0 radical (unpaired) electrons. The minimum absolute atomic E-state index is 0.107. The number of nitrogens with one attached hydrogen (secondary N) is 1. The highest BCUT2D eigenvalue weighted by atomic mass is 19.4. The average Bonchev–Trinajstić information content (AvgIpc) is 3.00. The Morgan fingerprint density at radius 1 is 1.03 bits per heavy atom. The number of amidine groups is 1. The van der Waals surface area contributed by atoms with Gasteiger partial charge >= 0.3 is 12.2 Å². The molecular formula is C27H25F3N4O2. The van der Waals surface area contributed by atoms with Crippen LogP contribution in [0.4, 0.5) is 29.3 Å². The van der Waals surface area contributed by atoms with Crippen molar-refractivity contribution < 1.29 is 22.7 Å². The summed E-state index contributed by atoms with van der Waals surface area (Å²) in [5.74, 6) is 2.15. The standard InChI is InChI=1S/C27H25F3N4O2/c1-17-10-11-23-21(14-17)25(32-22-8-3-4-9-24(22)36-23)33-12-13-34(18(2)16-33)26(35)31-20-7-5-6-19(15-20)27(28,29)30/h3-11,14-15,18H,12-13,16H2,1-2H3,(H,31,35). The fourth-order valence-corrected chi connectivity index (χ4v) is 4.50. The number of carbonyl (C=O) groups is 1. The number of benzene rings is 3. The second-order valence-corrected chi connectivity index (χ2v) is 9.00. The normalized spacial score (nSPS) is 17.4. The molecule has 0 aliphatic carbocycles. The van der Waals surface area contributed by atoms with Crippen molar-refractivity contribution in [1.29, 1.82) is 0 Å². The van der Waals surface area contributed by atoms with E-state index >= 15 is 0 Å². The predicted molar refractivity (Wildman–Crippen MR) is 132 cm³/mol. The number of para-hydroxylation sites is 2. The molecule has 2 heterocycles. The summed E-state index contributed by atoms with van der Waals surface area (Å²) in [4.78, 5) is 21.7. The van der Waals surface area contributed by atoms with Gasteiger partial charge in [-0.3, -0.25) is 0 Å². The maximum absolute atomic E-state index is 13.0. The Kier molecular flexibility index (Phi) is 6.07. The number of fused-ring (bicyclic) bond motifs is 2. The third kappa shape index (κ3) is 4.73. The number of urea groups is 1. The maximum atomic E-state index is 13.0. The van der Waals surface area contributed by atoms with Crippen LogP contribution in [0.1, 0.15) is 23.6 Å². The number of aliphatic imine (C=N–C) groups is 1. The van der Waals surface area contributed by atoms with Gasteiger partial charge in [-0.15, -0.1) is 0 Å². The fourth-order valence-electron chi connectivity index (χ4n) is 4.50. The molecular weight excluding hydrogens is 469 g/mol. The number of halogens is 3. The SMILES string of the molecule is Cc1ccc2c(c1)C(N1CCN(C(=O)Nc3cccc(C(F)(F)F)c3)C(C)C1)=Nc1ccccc1O2. The number of rotatable bonds is 1. The second-order valence-electron chi connectivity index (χ2n) is 9.00. The first kappa shape index (κ1) is 23.7. The summed E-state index contributed by atoms with van der Waals surface area (Å²) in [5.41, 5.74) is 1.97. The number of alkyl halides is 3. The van der Waals surface area contributed by atoms with Gasteiger partial charge in [0.2, 0.25) is 0 Å². The molecule has 1 fully saturated rings. The smallest absolute Gasteiger partial charge is 0.416 e. The van der Waals surface area contributed by atoms with Gasteiger partial charge in [-0.25, -0.2) is 9.79 Å². The Bertz CT molecular complexity index is 1340. The maximum Gasteiger partial charge on any atom is 0.416 e. The van der Waals surface area contributed by atoms with Crippen LogP contribution in [-0.4, -0.2) is 47.3 Å². The first-order valence-electron chi connectivity index (χ1n) is 11.7. The lowest BCUT2D eigenvalue weighted by Gasteiger charge is -2.41. The molecule has 0 bridgehead atoms. The topological polar surface area (TPSA) is 57.2 Å². The molecule has 5 rings (SSSR count). The van der Waals surface area contributed by atoms with Gasteiger partial charge in [0.1, 0.15) is 17.3 Å². The number of nitrogens with zero attached hydrogens (tertiary/aromatic N) is 3. The molecule has 0 saturated carbocycles. The van der Waals surface area contributed by atoms with Gasteiger partial charge in [-0.05, 0) is 56.3 Å². The van der Waals surface area contributed by atoms with Gasteiger partial charge in [-0.2, -0.15) is 13.2 Å². The molecule has 1 atom stereocenters. The van der Waals surface area contributed by atoms with Crippen LogP contribution >= 0.6 is 0 Å². The molecule has 3 aromatic carbocycles. The van der Waals surface area contributed by atoms with Crippen molar-refractivity contribution in [2.75, 3.05) is 25.0 Å². The molecule has 1 saturated heterocycles. The highest BCUT2D eigenvalue weighted by Crippen LogP contribution is 2.38. The van der Waals surface area contributed by atoms with E-state index in [9.17, 15) is 18.0 Å². The molecule has 2 amide bonds. The fraction of sp³-hybridized carbons (Fsp3) is 0.259. The van der Waals surface area contributed by atoms with Gasteiger partial charge < -0.3 is 19.9 Å². The van der Waals surface area contributed by atoms with Crippen molar-refractivity contribution in [1.82, 2.24) is 9.80 Å². The minimum atomic E-state index is -4.48. The summed E-state index contributed by atoms with van der Waals surface area (Å²) in [6.07, 6.45) is -4.48. The molecule has 36 heavy (non-hydrogen) atoms. The van der Waals surface area contributed by atoms with Crippen LogP contribution < -0.4 is 10.1 Å². The highest BCUT2D eigenvalue weighted by molar-refractivity contribution is 6.04. The molecule has 3 aromatic rings. The predicted octanol–water partition coefficient (Wildman–Crippen LogP) is 6.44. The largest absolute Gasteiger partial charge is 0.454 e. The third-order valence-corrected chi connectivity index (χ3v) is 6.32. The van der Waals surface area contributed by atoms with E-state index < -0.39 is 17.8 Å². The van der Waals surface area contributed by atoms with Gasteiger partial charge in [0.05, 0.1) is 11.1 Å². The van der Waals surface area contributed by atoms with Gasteiger partial charge in [0.25, 0.3) is 0 Å². The van der Waals surface area contributed by atoms with Crippen LogP contribution in [0.3, 0.4) is 0 Å². The minimum Gasteiger partial charge on any atom is -0.454 e. The summed E-state index contributed by atoms with van der Waals surface area (Å²) in [7, 11) is 0. The Labute approximate surface area is 207 Å². The van der Waals surface area contributed by atoms with Crippen molar-refractivity contribution >= 4 is 23.2 Å². The van der Waals surface area contributed by atoms with Crippen LogP contribution in [0.15, 0.2) is 71.7 Å². The first-order chi connectivity index (χ1) is 17.2. The van der Waals surface area contributed by atoms with E-state index in [0.29, 0.717) is 31.1 Å². The number of hydrogen-bond acceptors (Lipinski definition) is 4. The molecule has 1 N–H and O–H groups in total. The number of carbonyl (C=O) groups excluding carboxylic acids is 1. The van der Waals surface area contributed by atoms with Crippen LogP contribution in [0.25, 0.3) is 0 Å². The molecule has 186 valence electrons. The second kappa shape index (κ2) is 9.22. The van der Waals surface area contributed by atoms with E-state index in [4.69, 9.17) is 9.73 Å². The van der Waals surface area contributed by atoms with Crippen molar-refractivity contribution in [2.45, 2.75) is 26.1 Å². The number of ether oxygens (including phenoxy) is 1. The van der Waals surface area contributed by atoms with Gasteiger partial charge in [0.15, 0.2) is 5.75 Å². The lowest BCUT2D eigenvalue weighted by atomic mass is 10.1. The lowest BCUT2D eigenvalue weighted by Crippen LogP contribution is -2.56. The lowest BCUT2D eigenvalue weighted by molar-refractivity contribution is -0.137. The molecule has 2 aliphatic rings. The van der Waals surface area contributed by atoms with E-state index in [1.54, 1.807) is 4.90 Å². The number of hydrogen-bond donors (Lipinski definition) is 1. The zero-order chi connectivity index (χ0) is 25.4. The van der Waals surface area contributed by atoms with Crippen LogP contribution in [0.5, 0.6) is 11.5 Å². The van der Waals surface area contributed by atoms with Crippen molar-refractivity contribution in [3.8, 4) is 11.5 Å². The number of piperazine rings is 1. The summed E-state index contributed by atoms with van der Waals surface area (Å²) in [6, 6.07) is 17.6. The van der Waals surface area contributed by atoms with Crippen molar-refractivity contribution in [3.63, 3.8) is 0 Å². The van der Waals surface area contributed by atoms with Crippen molar-refractivity contribution in [2.24, 2.45) is 4.99 Å². The van der Waals surface area contributed by atoms with E-state index in [1.165, 1.54) is 12.1 Å². The third-order valence-electron chi connectivity index (χ3n) is 6.32. The van der Waals surface area contributed by atoms with Gasteiger partial charge in [-0.1, -0.05) is 29.8 Å². The molecule has 1 unspecified atom stereocenters. The molecule has 2 aliphatic heterocycles. The summed E-state index contributed by atoms with van der Waals surface area (Å²) < 4.78 is 45.3. The quantitative estimate of drug-likeness (QED) is 0.424. The average molecular weight is 495 g/mol. The number of aryl methyl sites for hydroxylation is 1. The Hall–Kier alpha value is -4.01. The monoisotopic (exact) mass is 494 g/mol. The summed E-state index contributed by atoms with van der Waals surface area (Å²) in [5, 5.41) is 2.61. The van der Waals surface area contributed by atoms with Crippen LogP contribution in [0.2, 0.25) is 0 Å². The molecule has 9 heteroatoms. The molecule has 0 spiro atoms. The van der Waals surface area contributed by atoms with Crippen LogP contribution in [0, 0.1) is 6.92 Å². The number of anilines is 1. The zero-order valence-electron chi connectivity index (χ0n) is 19.8. The van der Waals surface area contributed by atoms with E-state index in [0.717, 1.165) is 34.8 Å². The number of amides is 2. The Morgan fingerprint density at radius 2 is 1.83 bits per heavy atom. The van der Waals surface area contributed by atoms with E-state index in [-0.39, 0.29) is 11.7 Å². The van der Waals surface area contributed by atoms with E-state index in [2.05, 4.69) is 10.2 Å².